The van der Waals surface area contributed by atoms with Gasteiger partial charge in [0, 0.05) is 7.05 Å². The molecule has 0 unspecified atom stereocenters. The second kappa shape index (κ2) is 2.48. The molecule has 0 spiro atoms. The van der Waals surface area contributed by atoms with Crippen LogP contribution in [0.5, 0.6) is 0 Å². The summed E-state index contributed by atoms with van der Waals surface area (Å²) in [7, 11) is 1.80. The lowest BCUT2D eigenvalue weighted by molar-refractivity contribution is 0.251. The van der Waals surface area contributed by atoms with Crippen molar-refractivity contribution in [3.63, 3.8) is 0 Å². The molecule has 0 bridgehead atoms. The lowest BCUT2D eigenvalue weighted by Crippen LogP contribution is -2.30. The smallest absolute Gasteiger partial charge is 0.0821 e. The van der Waals surface area contributed by atoms with E-state index in [9.17, 15) is 0 Å². The van der Waals surface area contributed by atoms with E-state index in [-0.39, 0.29) is 0 Å². The number of hydrazine groups is 1. The van der Waals surface area contributed by atoms with Gasteiger partial charge >= 0.3 is 0 Å². The molecule has 0 aromatic carbocycles. The number of rotatable bonds is 1. The molecule has 0 fully saturated rings. The van der Waals surface area contributed by atoms with Crippen LogP contribution in [0.4, 0.5) is 0 Å². The fourth-order valence-corrected chi connectivity index (χ4v) is 0.515. The van der Waals surface area contributed by atoms with Gasteiger partial charge in [-0.15, -0.1) is 0 Å². The van der Waals surface area contributed by atoms with Crippen molar-refractivity contribution in [3.05, 3.63) is 0 Å². The molecule has 4 heteroatoms. The Balaban J connectivity index is 2.52. The van der Waals surface area contributed by atoms with Crippen molar-refractivity contribution in [2.45, 2.75) is 13.3 Å². The standard InChI is InChI=1S/C5H10N4/c1-3-5-4-6-9(2)8-7-5/h4,8H,3H2,1-2H3. The third-order valence-corrected chi connectivity index (χ3v) is 1.08. The Morgan fingerprint density at radius 3 is 3.00 bits per heavy atom. The van der Waals surface area contributed by atoms with E-state index in [1.54, 1.807) is 18.4 Å². The minimum Gasteiger partial charge on any atom is -0.202 e. The highest BCUT2D eigenvalue weighted by Crippen LogP contribution is 1.88. The Labute approximate surface area is 54.2 Å². The first-order valence-corrected chi connectivity index (χ1v) is 2.93. The van der Waals surface area contributed by atoms with Crippen molar-refractivity contribution in [3.8, 4) is 0 Å². The second-order valence-electron chi connectivity index (χ2n) is 1.82. The molecule has 1 heterocycles. The van der Waals surface area contributed by atoms with E-state index in [0.29, 0.717) is 0 Å². The predicted molar refractivity (Wildman–Crippen MR) is 37.1 cm³/mol. The SMILES string of the molecule is CCC1=NNN(C)N=C1. The maximum absolute atomic E-state index is 3.97. The molecular weight excluding hydrogens is 116 g/mol. The van der Waals surface area contributed by atoms with Gasteiger partial charge in [0.1, 0.15) is 0 Å². The molecule has 0 saturated carbocycles. The summed E-state index contributed by atoms with van der Waals surface area (Å²) in [5, 5.41) is 9.48. The molecular formula is C5H10N4. The molecule has 1 rings (SSSR count). The topological polar surface area (TPSA) is 40.0 Å². The van der Waals surface area contributed by atoms with E-state index >= 15 is 0 Å². The van der Waals surface area contributed by atoms with Gasteiger partial charge in [-0.05, 0) is 6.42 Å². The molecule has 0 amide bonds. The minimum absolute atomic E-state index is 0.921. The van der Waals surface area contributed by atoms with Crippen LogP contribution in [0.3, 0.4) is 0 Å². The third-order valence-electron chi connectivity index (χ3n) is 1.08. The highest BCUT2D eigenvalue weighted by Gasteiger charge is 1.97. The van der Waals surface area contributed by atoms with E-state index in [4.69, 9.17) is 0 Å². The molecule has 0 saturated heterocycles. The largest absolute Gasteiger partial charge is 0.202 e. The van der Waals surface area contributed by atoms with E-state index in [0.717, 1.165) is 12.1 Å². The summed E-state index contributed by atoms with van der Waals surface area (Å²) in [4.78, 5) is 0. The number of hydrogen-bond donors (Lipinski definition) is 1. The summed E-state index contributed by atoms with van der Waals surface area (Å²) in [5.41, 5.74) is 3.69. The highest BCUT2D eigenvalue weighted by atomic mass is 15.8. The van der Waals surface area contributed by atoms with Crippen LogP contribution in [0.1, 0.15) is 13.3 Å². The third kappa shape index (κ3) is 1.42. The molecule has 0 aromatic rings. The summed E-state index contributed by atoms with van der Waals surface area (Å²) in [6, 6.07) is 0. The van der Waals surface area contributed by atoms with Crippen LogP contribution in [0.15, 0.2) is 10.2 Å². The van der Waals surface area contributed by atoms with Gasteiger partial charge in [0.05, 0.1) is 11.9 Å². The van der Waals surface area contributed by atoms with Crippen molar-refractivity contribution in [1.29, 1.82) is 0 Å². The van der Waals surface area contributed by atoms with Crippen LogP contribution in [-0.4, -0.2) is 24.1 Å². The zero-order valence-corrected chi connectivity index (χ0v) is 5.63. The number of hydrazone groups is 2. The molecule has 0 aromatic heterocycles. The van der Waals surface area contributed by atoms with E-state index in [2.05, 4.69) is 15.7 Å². The Morgan fingerprint density at radius 2 is 2.56 bits per heavy atom. The molecule has 0 aliphatic carbocycles. The number of hydrogen-bond acceptors (Lipinski definition) is 4. The fourth-order valence-electron chi connectivity index (χ4n) is 0.515. The van der Waals surface area contributed by atoms with Crippen molar-refractivity contribution in [1.82, 2.24) is 10.7 Å². The summed E-state index contributed by atoms with van der Waals surface area (Å²) in [6.07, 6.45) is 2.67. The summed E-state index contributed by atoms with van der Waals surface area (Å²) in [5.74, 6) is 0. The van der Waals surface area contributed by atoms with Gasteiger partial charge in [-0.25, -0.2) is 5.53 Å². The molecule has 1 aliphatic rings. The molecule has 4 nitrogen and oxygen atoms in total. The lowest BCUT2D eigenvalue weighted by Gasteiger charge is -2.15. The van der Waals surface area contributed by atoms with Gasteiger partial charge in [-0.2, -0.15) is 15.3 Å². The normalized spacial score (nSPS) is 17.1. The Hall–Kier alpha value is -1.06. The maximum Gasteiger partial charge on any atom is 0.0821 e. The zero-order valence-electron chi connectivity index (χ0n) is 5.63. The molecule has 1 N–H and O–H groups in total. The first kappa shape index (κ1) is 6.07. The summed E-state index contributed by atoms with van der Waals surface area (Å²) < 4.78 is 0. The zero-order chi connectivity index (χ0) is 6.69. The first-order chi connectivity index (χ1) is 4.33. The molecule has 50 valence electrons. The fraction of sp³-hybridized carbons (Fsp3) is 0.600. The minimum atomic E-state index is 0.921. The monoisotopic (exact) mass is 126 g/mol. The Bertz CT molecular complexity index is 149. The highest BCUT2D eigenvalue weighted by molar-refractivity contribution is 6.30. The average Bonchev–Trinajstić information content (AvgIpc) is 1.90. The van der Waals surface area contributed by atoms with Crippen molar-refractivity contribution in [2.75, 3.05) is 7.05 Å². The number of nitrogens with one attached hydrogen (secondary N) is 1. The summed E-state index contributed by atoms with van der Waals surface area (Å²) in [6.45, 7) is 2.04. The van der Waals surface area contributed by atoms with Crippen LogP contribution < -0.4 is 5.53 Å². The predicted octanol–water partition coefficient (Wildman–Crippen LogP) is 0.188. The van der Waals surface area contributed by atoms with Crippen LogP contribution >= 0.6 is 0 Å². The van der Waals surface area contributed by atoms with Crippen molar-refractivity contribution < 1.29 is 0 Å². The lowest BCUT2D eigenvalue weighted by atomic mass is 10.3. The van der Waals surface area contributed by atoms with Crippen molar-refractivity contribution in [2.24, 2.45) is 10.2 Å². The van der Waals surface area contributed by atoms with Gasteiger partial charge in [-0.3, -0.25) is 0 Å². The number of nitrogens with zero attached hydrogens (tertiary/aromatic N) is 3. The van der Waals surface area contributed by atoms with Crippen LogP contribution in [0.25, 0.3) is 0 Å². The van der Waals surface area contributed by atoms with Crippen LogP contribution in [-0.2, 0) is 0 Å². The van der Waals surface area contributed by atoms with Gasteiger partial charge < -0.3 is 0 Å². The second-order valence-corrected chi connectivity index (χ2v) is 1.82. The molecule has 1 aliphatic heterocycles. The average molecular weight is 126 g/mol. The quantitative estimate of drug-likeness (QED) is 0.544. The van der Waals surface area contributed by atoms with E-state index in [1.807, 2.05) is 6.92 Å². The Morgan fingerprint density at radius 1 is 1.78 bits per heavy atom. The Kier molecular flexibility index (Phi) is 1.67. The molecule has 9 heavy (non-hydrogen) atoms. The molecule has 0 atom stereocenters. The van der Waals surface area contributed by atoms with Gasteiger partial charge in [-0.1, -0.05) is 6.92 Å². The van der Waals surface area contributed by atoms with E-state index < -0.39 is 0 Å². The van der Waals surface area contributed by atoms with Gasteiger partial charge in [0.2, 0.25) is 0 Å². The van der Waals surface area contributed by atoms with Gasteiger partial charge in [0.25, 0.3) is 0 Å². The van der Waals surface area contributed by atoms with Crippen LogP contribution in [0.2, 0.25) is 0 Å². The summed E-state index contributed by atoms with van der Waals surface area (Å²) >= 11 is 0. The van der Waals surface area contributed by atoms with Gasteiger partial charge in [0.15, 0.2) is 0 Å². The first-order valence-electron chi connectivity index (χ1n) is 2.93. The van der Waals surface area contributed by atoms with E-state index in [1.165, 1.54) is 0 Å². The van der Waals surface area contributed by atoms with Crippen LogP contribution in [0, 0.1) is 0 Å². The van der Waals surface area contributed by atoms with Crippen molar-refractivity contribution >= 4 is 11.9 Å². The maximum atomic E-state index is 3.97. The molecule has 0 radical (unpaired) electrons.